The molecule has 0 radical (unpaired) electrons. The highest BCUT2D eigenvalue weighted by Crippen LogP contribution is 2.28. The van der Waals surface area contributed by atoms with Crippen LogP contribution in [0.3, 0.4) is 0 Å². The smallest absolute Gasteiger partial charge is 0.254 e. The zero-order chi connectivity index (χ0) is 14.2. The van der Waals surface area contributed by atoms with Gasteiger partial charge in [-0.15, -0.1) is 0 Å². The Labute approximate surface area is 118 Å². The SMILES string of the molecule is CCCC1(O)CN(C(=O)c2cccc3ncccc23)C1. The van der Waals surface area contributed by atoms with Crippen LogP contribution in [0.25, 0.3) is 10.9 Å². The van der Waals surface area contributed by atoms with Gasteiger partial charge < -0.3 is 10.0 Å². The van der Waals surface area contributed by atoms with Gasteiger partial charge in [0, 0.05) is 17.1 Å². The number of aromatic nitrogens is 1. The van der Waals surface area contributed by atoms with Crippen molar-refractivity contribution in [2.75, 3.05) is 13.1 Å². The number of aliphatic hydroxyl groups is 1. The van der Waals surface area contributed by atoms with E-state index in [1.54, 1.807) is 11.1 Å². The third-order valence-corrected chi connectivity index (χ3v) is 3.85. The Morgan fingerprint density at radius 2 is 2.15 bits per heavy atom. The second-order valence-corrected chi connectivity index (χ2v) is 5.51. The first-order valence-electron chi connectivity index (χ1n) is 6.98. The van der Waals surface area contributed by atoms with Crippen LogP contribution in [0, 0.1) is 0 Å². The Hall–Kier alpha value is -1.94. The summed E-state index contributed by atoms with van der Waals surface area (Å²) in [7, 11) is 0. The van der Waals surface area contributed by atoms with Crippen LogP contribution >= 0.6 is 0 Å². The van der Waals surface area contributed by atoms with Gasteiger partial charge in [-0.05, 0) is 24.6 Å². The molecule has 2 heterocycles. The van der Waals surface area contributed by atoms with E-state index in [1.165, 1.54) is 0 Å². The van der Waals surface area contributed by atoms with Crippen molar-refractivity contribution in [3.05, 3.63) is 42.1 Å². The van der Waals surface area contributed by atoms with Crippen LogP contribution in [-0.2, 0) is 0 Å². The van der Waals surface area contributed by atoms with E-state index in [0.717, 1.165) is 23.7 Å². The maximum absolute atomic E-state index is 12.5. The lowest BCUT2D eigenvalue weighted by Crippen LogP contribution is -2.63. The third-order valence-electron chi connectivity index (χ3n) is 3.85. The second kappa shape index (κ2) is 4.87. The zero-order valence-electron chi connectivity index (χ0n) is 11.5. The van der Waals surface area contributed by atoms with Gasteiger partial charge in [-0.2, -0.15) is 0 Å². The summed E-state index contributed by atoms with van der Waals surface area (Å²) in [5, 5.41) is 11.0. The summed E-state index contributed by atoms with van der Waals surface area (Å²) >= 11 is 0. The van der Waals surface area contributed by atoms with Crippen LogP contribution in [0.4, 0.5) is 0 Å². The largest absolute Gasteiger partial charge is 0.386 e. The van der Waals surface area contributed by atoms with Gasteiger partial charge in [0.05, 0.1) is 24.2 Å². The molecule has 1 saturated heterocycles. The number of carbonyl (C=O) groups is 1. The molecule has 0 unspecified atom stereocenters. The summed E-state index contributed by atoms with van der Waals surface area (Å²) in [5.74, 6) is -0.0237. The van der Waals surface area contributed by atoms with Gasteiger partial charge in [0.1, 0.15) is 0 Å². The average Bonchev–Trinajstić information content (AvgIpc) is 2.43. The number of benzene rings is 1. The number of hydrogen-bond donors (Lipinski definition) is 1. The summed E-state index contributed by atoms with van der Waals surface area (Å²) in [6.07, 6.45) is 3.39. The van der Waals surface area contributed by atoms with Crippen molar-refractivity contribution in [1.82, 2.24) is 9.88 Å². The van der Waals surface area contributed by atoms with Crippen LogP contribution < -0.4 is 0 Å². The molecule has 2 aromatic rings. The van der Waals surface area contributed by atoms with Crippen molar-refractivity contribution in [2.45, 2.75) is 25.4 Å². The molecule has 0 aliphatic carbocycles. The number of likely N-dealkylation sites (tertiary alicyclic amines) is 1. The zero-order valence-corrected chi connectivity index (χ0v) is 11.5. The van der Waals surface area contributed by atoms with Crippen molar-refractivity contribution in [1.29, 1.82) is 0 Å². The van der Waals surface area contributed by atoms with Gasteiger partial charge in [-0.1, -0.05) is 25.5 Å². The van der Waals surface area contributed by atoms with Gasteiger partial charge in [0.2, 0.25) is 0 Å². The Kier molecular flexibility index (Phi) is 3.18. The van der Waals surface area contributed by atoms with Crippen LogP contribution in [0.2, 0.25) is 0 Å². The van der Waals surface area contributed by atoms with Gasteiger partial charge in [0.15, 0.2) is 0 Å². The third kappa shape index (κ3) is 2.16. The van der Waals surface area contributed by atoms with Crippen LogP contribution in [0.1, 0.15) is 30.1 Å². The molecule has 1 fully saturated rings. The molecule has 1 aliphatic heterocycles. The predicted molar refractivity (Wildman–Crippen MR) is 77.5 cm³/mol. The number of fused-ring (bicyclic) bond motifs is 1. The van der Waals surface area contributed by atoms with Crippen molar-refractivity contribution in [3.8, 4) is 0 Å². The van der Waals surface area contributed by atoms with Crippen molar-refractivity contribution in [3.63, 3.8) is 0 Å². The van der Waals surface area contributed by atoms with Crippen LogP contribution in [0.5, 0.6) is 0 Å². The topological polar surface area (TPSA) is 53.4 Å². The number of amides is 1. The molecule has 4 nitrogen and oxygen atoms in total. The predicted octanol–water partition coefficient (Wildman–Crippen LogP) is 2.22. The Bertz CT molecular complexity index is 642. The highest BCUT2D eigenvalue weighted by atomic mass is 16.3. The molecule has 3 rings (SSSR count). The van der Waals surface area contributed by atoms with Gasteiger partial charge >= 0.3 is 0 Å². The summed E-state index contributed by atoms with van der Waals surface area (Å²) in [6, 6.07) is 9.32. The van der Waals surface area contributed by atoms with E-state index in [-0.39, 0.29) is 5.91 Å². The van der Waals surface area contributed by atoms with E-state index in [9.17, 15) is 9.90 Å². The fourth-order valence-corrected chi connectivity index (χ4v) is 2.89. The standard InChI is InChI=1S/C16H18N2O2/c1-2-8-16(20)10-18(11-16)15(19)13-5-3-7-14-12(13)6-4-9-17-14/h3-7,9,20H,2,8,10-11H2,1H3. The van der Waals surface area contributed by atoms with E-state index in [4.69, 9.17) is 0 Å². The molecule has 0 saturated carbocycles. The summed E-state index contributed by atoms with van der Waals surface area (Å²) in [6.45, 7) is 2.89. The van der Waals surface area contributed by atoms with E-state index in [0.29, 0.717) is 18.7 Å². The molecule has 1 N–H and O–H groups in total. The lowest BCUT2D eigenvalue weighted by molar-refractivity contribution is -0.0859. The van der Waals surface area contributed by atoms with Crippen LogP contribution in [0.15, 0.2) is 36.5 Å². The minimum absolute atomic E-state index is 0.0237. The van der Waals surface area contributed by atoms with E-state index in [2.05, 4.69) is 4.98 Å². The molecule has 4 heteroatoms. The fraction of sp³-hybridized carbons (Fsp3) is 0.375. The Morgan fingerprint density at radius 1 is 1.35 bits per heavy atom. The normalized spacial score (nSPS) is 17.0. The minimum Gasteiger partial charge on any atom is -0.386 e. The number of nitrogens with zero attached hydrogens (tertiary/aromatic N) is 2. The molecule has 0 atom stereocenters. The van der Waals surface area contributed by atoms with E-state index >= 15 is 0 Å². The molecule has 1 amide bonds. The Balaban J connectivity index is 1.84. The molecule has 0 bridgehead atoms. The Morgan fingerprint density at radius 3 is 2.90 bits per heavy atom. The molecule has 0 spiro atoms. The number of rotatable bonds is 3. The second-order valence-electron chi connectivity index (χ2n) is 5.51. The van der Waals surface area contributed by atoms with Gasteiger partial charge in [0.25, 0.3) is 5.91 Å². The molecular weight excluding hydrogens is 252 g/mol. The quantitative estimate of drug-likeness (QED) is 0.930. The van der Waals surface area contributed by atoms with Crippen molar-refractivity contribution >= 4 is 16.8 Å². The van der Waals surface area contributed by atoms with Gasteiger partial charge in [-0.25, -0.2) is 0 Å². The fourth-order valence-electron chi connectivity index (χ4n) is 2.89. The molecule has 1 aromatic heterocycles. The molecule has 104 valence electrons. The molecule has 1 aromatic carbocycles. The van der Waals surface area contributed by atoms with Crippen molar-refractivity contribution < 1.29 is 9.90 Å². The summed E-state index contributed by atoms with van der Waals surface area (Å²) < 4.78 is 0. The maximum atomic E-state index is 12.5. The molecular formula is C16H18N2O2. The first kappa shape index (κ1) is 13.1. The minimum atomic E-state index is -0.687. The van der Waals surface area contributed by atoms with Crippen LogP contribution in [-0.4, -0.2) is 39.6 Å². The first-order chi connectivity index (χ1) is 9.63. The van der Waals surface area contributed by atoms with Crippen molar-refractivity contribution in [2.24, 2.45) is 0 Å². The number of carbonyl (C=O) groups excluding carboxylic acids is 1. The molecule has 1 aliphatic rings. The summed E-state index contributed by atoms with van der Waals surface area (Å²) in [4.78, 5) is 18.5. The first-order valence-corrected chi connectivity index (χ1v) is 6.98. The number of pyridine rings is 1. The highest BCUT2D eigenvalue weighted by molar-refractivity contribution is 6.06. The van der Waals surface area contributed by atoms with Gasteiger partial charge in [-0.3, -0.25) is 9.78 Å². The maximum Gasteiger partial charge on any atom is 0.254 e. The lowest BCUT2D eigenvalue weighted by Gasteiger charge is -2.46. The molecule has 20 heavy (non-hydrogen) atoms. The van der Waals surface area contributed by atoms with E-state index < -0.39 is 5.60 Å². The van der Waals surface area contributed by atoms with E-state index in [1.807, 2.05) is 37.3 Å². The lowest BCUT2D eigenvalue weighted by atomic mass is 9.88. The number of β-amino-alcohol motifs (C(OH)–C–C–N with tert-alkyl or cyclic N) is 1. The average molecular weight is 270 g/mol. The number of hydrogen-bond acceptors (Lipinski definition) is 3. The highest BCUT2D eigenvalue weighted by Gasteiger charge is 2.43. The summed E-state index contributed by atoms with van der Waals surface area (Å²) in [5.41, 5.74) is 0.796. The monoisotopic (exact) mass is 270 g/mol.